The van der Waals surface area contributed by atoms with Crippen molar-refractivity contribution in [2.45, 2.75) is 6.54 Å². The number of nitrogens with zero attached hydrogens (tertiary/aromatic N) is 3. The standard InChI is InChI=1S/C23H21N3O3/c27-23(28)19-14-18-17-8-4-5-9-20(17)26(15-16-6-2-1-3-7-16)22(18)24-21(19)25-10-12-29-13-11-25/h1-9,14H,10-13,15H2,(H,27,28). The Labute approximate surface area is 168 Å². The first-order valence-corrected chi connectivity index (χ1v) is 9.74. The van der Waals surface area contributed by atoms with Crippen molar-refractivity contribution in [3.05, 3.63) is 71.8 Å². The van der Waals surface area contributed by atoms with E-state index in [0.717, 1.165) is 21.9 Å². The predicted octanol–water partition coefficient (Wildman–Crippen LogP) is 3.77. The van der Waals surface area contributed by atoms with Crippen LogP contribution in [0.5, 0.6) is 0 Å². The van der Waals surface area contributed by atoms with Crippen molar-refractivity contribution in [2.24, 2.45) is 0 Å². The molecule has 1 saturated heterocycles. The molecule has 0 spiro atoms. The first-order chi connectivity index (χ1) is 14.2. The van der Waals surface area contributed by atoms with Crippen LogP contribution in [-0.2, 0) is 11.3 Å². The van der Waals surface area contributed by atoms with E-state index in [1.54, 1.807) is 6.07 Å². The smallest absolute Gasteiger partial charge is 0.339 e. The minimum absolute atomic E-state index is 0.238. The van der Waals surface area contributed by atoms with Gasteiger partial charge in [0.15, 0.2) is 0 Å². The second kappa shape index (κ2) is 7.22. The number of anilines is 1. The lowest BCUT2D eigenvalue weighted by atomic mass is 10.1. The summed E-state index contributed by atoms with van der Waals surface area (Å²) in [6, 6.07) is 20.1. The summed E-state index contributed by atoms with van der Waals surface area (Å²) in [5, 5.41) is 11.7. The molecule has 0 radical (unpaired) electrons. The monoisotopic (exact) mass is 387 g/mol. The third-order valence-corrected chi connectivity index (χ3v) is 5.45. The Morgan fingerprint density at radius 1 is 1.00 bits per heavy atom. The molecule has 146 valence electrons. The van der Waals surface area contributed by atoms with Gasteiger partial charge < -0.3 is 19.3 Å². The molecule has 6 heteroatoms. The minimum atomic E-state index is -0.958. The van der Waals surface area contributed by atoms with Gasteiger partial charge in [-0.25, -0.2) is 9.78 Å². The Morgan fingerprint density at radius 2 is 1.72 bits per heavy atom. The number of aromatic carboxylic acids is 1. The molecule has 1 N–H and O–H groups in total. The fraction of sp³-hybridized carbons (Fsp3) is 0.217. The lowest BCUT2D eigenvalue weighted by Crippen LogP contribution is -2.37. The fourth-order valence-electron chi connectivity index (χ4n) is 4.05. The maximum Gasteiger partial charge on any atom is 0.339 e. The number of carboxylic acid groups (broad SMARTS) is 1. The van der Waals surface area contributed by atoms with Gasteiger partial charge in [-0.1, -0.05) is 48.5 Å². The fourth-order valence-corrected chi connectivity index (χ4v) is 4.05. The van der Waals surface area contributed by atoms with Gasteiger partial charge in [0.2, 0.25) is 0 Å². The van der Waals surface area contributed by atoms with Crippen LogP contribution in [0, 0.1) is 0 Å². The molecule has 0 aliphatic carbocycles. The molecule has 0 unspecified atom stereocenters. The maximum atomic E-state index is 12.0. The lowest BCUT2D eigenvalue weighted by molar-refractivity contribution is 0.0696. The van der Waals surface area contributed by atoms with Gasteiger partial charge in [-0.2, -0.15) is 0 Å². The van der Waals surface area contributed by atoms with Crippen molar-refractivity contribution < 1.29 is 14.6 Å². The number of benzene rings is 2. The van der Waals surface area contributed by atoms with Gasteiger partial charge >= 0.3 is 5.97 Å². The van der Waals surface area contributed by atoms with E-state index in [4.69, 9.17) is 9.72 Å². The molecule has 2 aromatic heterocycles. The van der Waals surface area contributed by atoms with E-state index in [1.807, 2.05) is 41.3 Å². The van der Waals surface area contributed by atoms with Gasteiger partial charge in [0.1, 0.15) is 17.0 Å². The van der Waals surface area contributed by atoms with Crippen molar-refractivity contribution in [1.82, 2.24) is 9.55 Å². The van der Waals surface area contributed by atoms with Gasteiger partial charge in [-0.05, 0) is 17.7 Å². The molecule has 1 fully saturated rings. The maximum absolute atomic E-state index is 12.0. The Balaban J connectivity index is 1.76. The number of fused-ring (bicyclic) bond motifs is 3. The number of aromatic nitrogens is 2. The highest BCUT2D eigenvalue weighted by molar-refractivity contribution is 6.10. The van der Waals surface area contributed by atoms with Crippen molar-refractivity contribution in [3.8, 4) is 0 Å². The number of para-hydroxylation sites is 1. The molecule has 5 rings (SSSR count). The highest BCUT2D eigenvalue weighted by Gasteiger charge is 2.23. The van der Waals surface area contributed by atoms with Gasteiger partial charge in [0, 0.05) is 30.4 Å². The molecular weight excluding hydrogens is 366 g/mol. The molecule has 1 aliphatic heterocycles. The van der Waals surface area contributed by atoms with E-state index in [9.17, 15) is 9.90 Å². The SMILES string of the molecule is O=C(O)c1cc2c3ccccc3n(Cc3ccccc3)c2nc1N1CCOCC1. The second-order valence-corrected chi connectivity index (χ2v) is 7.22. The Bertz CT molecular complexity index is 1190. The molecule has 1 aliphatic rings. The molecule has 0 bridgehead atoms. The summed E-state index contributed by atoms with van der Waals surface area (Å²) in [5.74, 6) is -0.439. The number of carbonyl (C=O) groups is 1. The van der Waals surface area contributed by atoms with E-state index >= 15 is 0 Å². The van der Waals surface area contributed by atoms with Crippen LogP contribution < -0.4 is 4.90 Å². The lowest BCUT2D eigenvalue weighted by Gasteiger charge is -2.29. The molecular formula is C23H21N3O3. The first kappa shape index (κ1) is 17.7. The molecule has 0 atom stereocenters. The molecule has 2 aromatic carbocycles. The largest absolute Gasteiger partial charge is 0.478 e. The highest BCUT2D eigenvalue weighted by Crippen LogP contribution is 2.33. The van der Waals surface area contributed by atoms with Gasteiger partial charge in [0.05, 0.1) is 18.7 Å². The Hall–Kier alpha value is -3.38. The Kier molecular flexibility index (Phi) is 4.41. The van der Waals surface area contributed by atoms with Crippen LogP contribution in [0.4, 0.5) is 5.82 Å². The molecule has 6 nitrogen and oxygen atoms in total. The van der Waals surface area contributed by atoms with Crippen LogP contribution in [0.1, 0.15) is 15.9 Å². The molecule has 3 heterocycles. The van der Waals surface area contributed by atoms with Crippen molar-refractivity contribution in [1.29, 1.82) is 0 Å². The van der Waals surface area contributed by atoms with E-state index in [1.165, 1.54) is 5.56 Å². The number of ether oxygens (including phenoxy) is 1. The summed E-state index contributed by atoms with van der Waals surface area (Å²) in [5.41, 5.74) is 3.27. The van der Waals surface area contributed by atoms with Gasteiger partial charge in [-0.3, -0.25) is 0 Å². The van der Waals surface area contributed by atoms with Crippen LogP contribution in [0.15, 0.2) is 60.7 Å². The summed E-state index contributed by atoms with van der Waals surface area (Å²) in [4.78, 5) is 19.0. The van der Waals surface area contributed by atoms with Gasteiger partial charge in [-0.15, -0.1) is 0 Å². The summed E-state index contributed by atoms with van der Waals surface area (Å²) in [6.07, 6.45) is 0. The Morgan fingerprint density at radius 3 is 2.48 bits per heavy atom. The number of carboxylic acids is 1. The minimum Gasteiger partial charge on any atom is -0.478 e. The van der Waals surface area contributed by atoms with Gasteiger partial charge in [0.25, 0.3) is 0 Å². The topological polar surface area (TPSA) is 67.6 Å². The zero-order chi connectivity index (χ0) is 19.8. The number of morpholine rings is 1. The number of hydrogen-bond donors (Lipinski definition) is 1. The third kappa shape index (κ3) is 3.11. The van der Waals surface area contributed by atoms with E-state index in [2.05, 4.69) is 22.8 Å². The average Bonchev–Trinajstić information content (AvgIpc) is 3.07. The molecule has 0 amide bonds. The molecule has 0 saturated carbocycles. The summed E-state index contributed by atoms with van der Waals surface area (Å²) < 4.78 is 7.61. The zero-order valence-corrected chi connectivity index (χ0v) is 15.9. The number of hydrogen-bond acceptors (Lipinski definition) is 4. The first-order valence-electron chi connectivity index (χ1n) is 9.74. The molecule has 4 aromatic rings. The predicted molar refractivity (Wildman–Crippen MR) is 113 cm³/mol. The third-order valence-electron chi connectivity index (χ3n) is 5.45. The van der Waals surface area contributed by atoms with Crippen LogP contribution >= 0.6 is 0 Å². The average molecular weight is 387 g/mol. The van der Waals surface area contributed by atoms with E-state index in [0.29, 0.717) is 38.7 Å². The van der Waals surface area contributed by atoms with E-state index < -0.39 is 5.97 Å². The quantitative estimate of drug-likeness (QED) is 0.577. The van der Waals surface area contributed by atoms with Crippen LogP contribution in [0.25, 0.3) is 21.9 Å². The van der Waals surface area contributed by atoms with Crippen LogP contribution in [0.3, 0.4) is 0 Å². The summed E-state index contributed by atoms with van der Waals surface area (Å²) in [7, 11) is 0. The summed E-state index contributed by atoms with van der Waals surface area (Å²) >= 11 is 0. The zero-order valence-electron chi connectivity index (χ0n) is 15.9. The van der Waals surface area contributed by atoms with Crippen LogP contribution in [0.2, 0.25) is 0 Å². The van der Waals surface area contributed by atoms with Crippen molar-refractivity contribution in [2.75, 3.05) is 31.2 Å². The number of pyridine rings is 1. The normalized spacial score (nSPS) is 14.6. The number of rotatable bonds is 4. The van der Waals surface area contributed by atoms with Crippen molar-refractivity contribution >= 4 is 33.7 Å². The second-order valence-electron chi connectivity index (χ2n) is 7.22. The van der Waals surface area contributed by atoms with Crippen molar-refractivity contribution in [3.63, 3.8) is 0 Å². The van der Waals surface area contributed by atoms with E-state index in [-0.39, 0.29) is 5.56 Å². The molecule has 29 heavy (non-hydrogen) atoms. The van der Waals surface area contributed by atoms with Crippen LogP contribution in [-0.4, -0.2) is 46.9 Å². The highest BCUT2D eigenvalue weighted by atomic mass is 16.5. The summed E-state index contributed by atoms with van der Waals surface area (Å²) in [6.45, 7) is 3.10.